The average Bonchev–Trinajstić information content (AvgIpc) is 2.80. The average molecular weight is 371 g/mol. The molecule has 0 saturated carbocycles. The highest BCUT2D eigenvalue weighted by atomic mass is 79.9. The zero-order chi connectivity index (χ0) is 16.5. The van der Waals surface area contributed by atoms with Crippen LogP contribution in [-0.4, -0.2) is 27.6 Å². The summed E-state index contributed by atoms with van der Waals surface area (Å²) in [5.41, 5.74) is -0.224. The highest BCUT2D eigenvalue weighted by Gasteiger charge is 2.40. The molecule has 6 heteroatoms. The quantitative estimate of drug-likeness (QED) is 0.563. The second kappa shape index (κ2) is 6.36. The molecule has 2 rings (SSSR count). The van der Waals surface area contributed by atoms with E-state index in [1.165, 1.54) is 6.20 Å². The van der Waals surface area contributed by atoms with Crippen molar-refractivity contribution in [2.75, 3.05) is 0 Å². The summed E-state index contributed by atoms with van der Waals surface area (Å²) < 4.78 is 20.2. The summed E-state index contributed by atoms with van der Waals surface area (Å²) in [4.78, 5) is 17.8. The van der Waals surface area contributed by atoms with Gasteiger partial charge in [-0.15, -0.1) is 6.58 Å². The van der Waals surface area contributed by atoms with Crippen molar-refractivity contribution in [2.45, 2.75) is 51.3 Å². The molecule has 0 spiro atoms. The molecule has 2 unspecified atom stereocenters. The van der Waals surface area contributed by atoms with Crippen LogP contribution in [0.15, 0.2) is 29.4 Å². The molecule has 0 radical (unpaired) electrons. The van der Waals surface area contributed by atoms with Crippen LogP contribution in [0.2, 0.25) is 0 Å². The number of halogens is 2. The minimum atomic E-state index is -0.610. The van der Waals surface area contributed by atoms with Crippen molar-refractivity contribution in [3.05, 3.63) is 40.9 Å². The molecule has 1 amide bonds. The van der Waals surface area contributed by atoms with Crippen molar-refractivity contribution in [1.29, 1.82) is 0 Å². The molecular formula is C16H20BrFN2O2. The van der Waals surface area contributed by atoms with Gasteiger partial charge in [-0.1, -0.05) is 22.0 Å². The number of carbonyl (C=O) groups is 1. The summed E-state index contributed by atoms with van der Waals surface area (Å²) in [5.74, 6) is -0.572. The number of pyridine rings is 1. The molecule has 1 aliphatic rings. The summed E-state index contributed by atoms with van der Waals surface area (Å²) in [6.45, 7) is 9.19. The van der Waals surface area contributed by atoms with Crippen molar-refractivity contribution >= 4 is 22.0 Å². The van der Waals surface area contributed by atoms with Crippen molar-refractivity contribution in [3.8, 4) is 0 Å². The van der Waals surface area contributed by atoms with Gasteiger partial charge in [0.2, 0.25) is 5.95 Å². The van der Waals surface area contributed by atoms with Crippen LogP contribution in [0.25, 0.3) is 0 Å². The van der Waals surface area contributed by atoms with E-state index in [4.69, 9.17) is 4.74 Å². The number of aromatic nitrogens is 1. The number of carbonyl (C=O) groups excluding carboxylic acids is 1. The first-order valence-electron chi connectivity index (χ1n) is 7.18. The lowest BCUT2D eigenvalue weighted by atomic mass is 10.1. The van der Waals surface area contributed by atoms with Crippen molar-refractivity contribution in [1.82, 2.24) is 9.88 Å². The Morgan fingerprint density at radius 2 is 2.23 bits per heavy atom. The first kappa shape index (κ1) is 16.9. The van der Waals surface area contributed by atoms with Gasteiger partial charge in [0.05, 0.1) is 12.1 Å². The molecule has 0 bridgehead atoms. The molecule has 1 fully saturated rings. The molecule has 1 aliphatic heterocycles. The number of hydrogen-bond donors (Lipinski definition) is 0. The van der Waals surface area contributed by atoms with Gasteiger partial charge in [-0.3, -0.25) is 4.90 Å². The molecule has 2 heterocycles. The SMILES string of the molecule is C=CC1CCC(c2c(Br)ccnc2F)N1C(=O)OC(C)(C)C. The fraction of sp³-hybridized carbons (Fsp3) is 0.500. The van der Waals surface area contributed by atoms with Crippen molar-refractivity contribution < 1.29 is 13.9 Å². The Hall–Kier alpha value is -1.43. The molecule has 120 valence electrons. The first-order chi connectivity index (χ1) is 10.2. The Morgan fingerprint density at radius 3 is 2.77 bits per heavy atom. The number of rotatable bonds is 2. The summed E-state index contributed by atoms with van der Waals surface area (Å²) in [5, 5.41) is 0. The van der Waals surface area contributed by atoms with E-state index in [0.29, 0.717) is 22.9 Å². The minimum absolute atomic E-state index is 0.175. The maximum absolute atomic E-state index is 14.2. The molecule has 1 aromatic heterocycles. The molecule has 0 N–H and O–H groups in total. The van der Waals surface area contributed by atoms with Gasteiger partial charge in [0.25, 0.3) is 0 Å². The van der Waals surface area contributed by atoms with Crippen LogP contribution in [0.1, 0.15) is 45.2 Å². The van der Waals surface area contributed by atoms with E-state index in [1.54, 1.807) is 37.8 Å². The van der Waals surface area contributed by atoms with Crippen LogP contribution >= 0.6 is 15.9 Å². The molecule has 22 heavy (non-hydrogen) atoms. The Morgan fingerprint density at radius 1 is 1.55 bits per heavy atom. The lowest BCUT2D eigenvalue weighted by Crippen LogP contribution is -2.40. The third-order valence-electron chi connectivity index (χ3n) is 3.53. The topological polar surface area (TPSA) is 42.4 Å². The van der Waals surface area contributed by atoms with Gasteiger partial charge < -0.3 is 4.74 Å². The minimum Gasteiger partial charge on any atom is -0.444 e. The maximum Gasteiger partial charge on any atom is 0.411 e. The Labute approximate surface area is 138 Å². The number of ether oxygens (including phenoxy) is 1. The molecule has 4 nitrogen and oxygen atoms in total. The summed E-state index contributed by atoms with van der Waals surface area (Å²) in [6.07, 6.45) is 3.98. The smallest absolute Gasteiger partial charge is 0.411 e. The van der Waals surface area contributed by atoms with Gasteiger partial charge in [-0.2, -0.15) is 4.39 Å². The van der Waals surface area contributed by atoms with Gasteiger partial charge in [0.15, 0.2) is 0 Å². The predicted molar refractivity (Wildman–Crippen MR) is 85.9 cm³/mol. The zero-order valence-electron chi connectivity index (χ0n) is 13.0. The predicted octanol–water partition coefficient (Wildman–Crippen LogP) is 4.61. The largest absolute Gasteiger partial charge is 0.444 e. The van der Waals surface area contributed by atoms with Crippen LogP contribution in [-0.2, 0) is 4.74 Å². The maximum atomic E-state index is 14.2. The van der Waals surface area contributed by atoms with Crippen LogP contribution in [0, 0.1) is 5.95 Å². The van der Waals surface area contributed by atoms with E-state index >= 15 is 0 Å². The Kier molecular flexibility index (Phi) is 4.90. The van der Waals surface area contributed by atoms with Crippen LogP contribution in [0.4, 0.5) is 9.18 Å². The lowest BCUT2D eigenvalue weighted by molar-refractivity contribution is 0.0175. The van der Waals surface area contributed by atoms with Gasteiger partial charge in [-0.25, -0.2) is 9.78 Å². The van der Waals surface area contributed by atoms with E-state index in [1.807, 2.05) is 0 Å². The molecule has 2 atom stereocenters. The van der Waals surface area contributed by atoms with Crippen molar-refractivity contribution in [2.24, 2.45) is 0 Å². The second-order valence-corrected chi connectivity index (χ2v) is 7.14. The highest BCUT2D eigenvalue weighted by molar-refractivity contribution is 9.10. The van der Waals surface area contributed by atoms with E-state index in [-0.39, 0.29) is 6.04 Å². The standard InChI is InChI=1S/C16H20BrFN2O2/c1-5-10-6-7-12(13-11(17)8-9-19-14(13)18)20(10)15(21)22-16(2,3)4/h5,8-10,12H,1,6-7H2,2-4H3. The molecule has 0 aromatic carbocycles. The third-order valence-corrected chi connectivity index (χ3v) is 4.22. The molecule has 0 aliphatic carbocycles. The van der Waals surface area contributed by atoms with E-state index in [2.05, 4.69) is 27.5 Å². The fourth-order valence-electron chi connectivity index (χ4n) is 2.65. The number of hydrogen-bond acceptors (Lipinski definition) is 3. The molecular weight excluding hydrogens is 351 g/mol. The Balaban J connectivity index is 2.38. The summed E-state index contributed by atoms with van der Waals surface area (Å²) >= 11 is 3.35. The highest BCUT2D eigenvalue weighted by Crippen LogP contribution is 2.41. The van der Waals surface area contributed by atoms with Crippen LogP contribution < -0.4 is 0 Å². The zero-order valence-corrected chi connectivity index (χ0v) is 14.6. The number of nitrogens with zero attached hydrogens (tertiary/aromatic N) is 2. The third kappa shape index (κ3) is 3.48. The van der Waals surface area contributed by atoms with E-state index in [0.717, 1.165) is 0 Å². The van der Waals surface area contributed by atoms with Gasteiger partial charge in [-0.05, 0) is 39.7 Å². The summed E-state index contributed by atoms with van der Waals surface area (Å²) in [7, 11) is 0. The summed E-state index contributed by atoms with van der Waals surface area (Å²) in [6, 6.07) is 1.08. The van der Waals surface area contributed by atoms with Crippen LogP contribution in [0.3, 0.4) is 0 Å². The Bertz CT molecular complexity index is 566. The monoisotopic (exact) mass is 370 g/mol. The number of likely N-dealkylation sites (tertiary alicyclic amines) is 1. The normalized spacial score (nSPS) is 21.8. The van der Waals surface area contributed by atoms with Gasteiger partial charge >= 0.3 is 6.09 Å². The fourth-order valence-corrected chi connectivity index (χ4v) is 3.20. The lowest BCUT2D eigenvalue weighted by Gasteiger charge is -2.32. The van der Waals surface area contributed by atoms with Gasteiger partial charge in [0, 0.05) is 16.2 Å². The van der Waals surface area contributed by atoms with E-state index in [9.17, 15) is 9.18 Å². The first-order valence-corrected chi connectivity index (χ1v) is 7.97. The second-order valence-electron chi connectivity index (χ2n) is 6.28. The molecule has 1 saturated heterocycles. The number of amides is 1. The molecule has 1 aromatic rings. The van der Waals surface area contributed by atoms with Gasteiger partial charge in [0.1, 0.15) is 5.60 Å². The van der Waals surface area contributed by atoms with Crippen molar-refractivity contribution in [3.63, 3.8) is 0 Å². The van der Waals surface area contributed by atoms with Crippen LogP contribution in [0.5, 0.6) is 0 Å². The van der Waals surface area contributed by atoms with E-state index < -0.39 is 23.7 Å².